The number of nitro benzene ring substituents is 1. The van der Waals surface area contributed by atoms with Gasteiger partial charge in [-0.25, -0.2) is 4.98 Å². The van der Waals surface area contributed by atoms with Gasteiger partial charge in [0.1, 0.15) is 5.82 Å². The number of benzene rings is 1. The molecule has 1 aliphatic heterocycles. The topological polar surface area (TPSA) is 104 Å². The molecule has 0 bridgehead atoms. The molecule has 4 rings (SSSR count). The Balaban J connectivity index is 1.32. The number of carbonyl (C=O) groups is 1. The summed E-state index contributed by atoms with van der Waals surface area (Å²) in [6, 6.07) is 10.7. The van der Waals surface area contributed by atoms with Crippen LogP contribution in [0.1, 0.15) is 6.42 Å². The minimum absolute atomic E-state index is 0.0190. The molecule has 0 aliphatic carbocycles. The van der Waals surface area contributed by atoms with Crippen LogP contribution in [-0.4, -0.2) is 58.4 Å². The van der Waals surface area contributed by atoms with E-state index < -0.39 is 4.92 Å². The summed E-state index contributed by atoms with van der Waals surface area (Å²) in [7, 11) is 0. The Morgan fingerprint density at radius 3 is 2.63 bits per heavy atom. The molecule has 3 heterocycles. The number of rotatable bonds is 6. The van der Waals surface area contributed by atoms with Crippen molar-refractivity contribution in [1.82, 2.24) is 14.9 Å². The van der Waals surface area contributed by atoms with Crippen LogP contribution in [0.5, 0.6) is 0 Å². The van der Waals surface area contributed by atoms with Gasteiger partial charge in [-0.15, -0.1) is 0 Å². The highest BCUT2D eigenvalue weighted by Crippen LogP contribution is 2.30. The standard InChI is InChI=1S/C21H22N6O3/c28-21(26-13-11-25(12-14-26)20-3-1-2-8-24-20)7-10-23-18-4-5-19(27(29)30)17-15-22-9-6-16(17)18/h1-6,8-9,15,23H,7,10-14H2. The van der Waals surface area contributed by atoms with Gasteiger partial charge < -0.3 is 15.1 Å². The van der Waals surface area contributed by atoms with E-state index >= 15 is 0 Å². The molecule has 1 N–H and O–H groups in total. The van der Waals surface area contributed by atoms with E-state index in [0.29, 0.717) is 31.4 Å². The Bertz CT molecular complexity index is 1050. The fraction of sp³-hybridized carbons (Fsp3) is 0.286. The van der Waals surface area contributed by atoms with E-state index in [9.17, 15) is 14.9 Å². The summed E-state index contributed by atoms with van der Waals surface area (Å²) < 4.78 is 0. The summed E-state index contributed by atoms with van der Waals surface area (Å²) in [6.07, 6.45) is 5.22. The smallest absolute Gasteiger partial charge is 0.278 e. The van der Waals surface area contributed by atoms with Gasteiger partial charge in [-0.2, -0.15) is 0 Å². The maximum absolute atomic E-state index is 12.6. The fourth-order valence-corrected chi connectivity index (χ4v) is 3.68. The molecule has 9 nitrogen and oxygen atoms in total. The molecule has 1 amide bonds. The zero-order chi connectivity index (χ0) is 20.9. The van der Waals surface area contributed by atoms with Crippen molar-refractivity contribution >= 4 is 33.9 Å². The molecule has 1 aliphatic rings. The SMILES string of the molecule is O=C(CCNc1ccc([N+](=O)[O-])c2cnccc12)N1CCN(c2ccccn2)CC1. The van der Waals surface area contributed by atoms with E-state index in [4.69, 9.17) is 0 Å². The summed E-state index contributed by atoms with van der Waals surface area (Å²) in [6.45, 7) is 3.31. The summed E-state index contributed by atoms with van der Waals surface area (Å²) in [4.78, 5) is 35.8. The van der Waals surface area contributed by atoms with Crippen LogP contribution in [0.25, 0.3) is 10.8 Å². The minimum atomic E-state index is -0.415. The molecule has 0 radical (unpaired) electrons. The third kappa shape index (κ3) is 4.14. The fourth-order valence-electron chi connectivity index (χ4n) is 3.68. The molecular formula is C21H22N6O3. The van der Waals surface area contributed by atoms with Crippen LogP contribution in [0.4, 0.5) is 17.2 Å². The van der Waals surface area contributed by atoms with Gasteiger partial charge in [0.05, 0.1) is 10.3 Å². The Hall–Kier alpha value is -3.75. The maximum Gasteiger partial charge on any atom is 0.278 e. The third-order valence-electron chi connectivity index (χ3n) is 5.25. The van der Waals surface area contributed by atoms with Crippen molar-refractivity contribution in [2.75, 3.05) is 42.9 Å². The van der Waals surface area contributed by atoms with E-state index in [2.05, 4.69) is 20.2 Å². The quantitative estimate of drug-likeness (QED) is 0.496. The van der Waals surface area contributed by atoms with Crippen molar-refractivity contribution in [3.05, 3.63) is 65.1 Å². The van der Waals surface area contributed by atoms with Crippen molar-refractivity contribution in [3.8, 4) is 0 Å². The number of amides is 1. The first-order valence-electron chi connectivity index (χ1n) is 9.82. The van der Waals surface area contributed by atoms with Crippen LogP contribution in [-0.2, 0) is 4.79 Å². The molecule has 1 fully saturated rings. The number of hydrogen-bond donors (Lipinski definition) is 1. The average Bonchev–Trinajstić information content (AvgIpc) is 2.79. The second-order valence-electron chi connectivity index (χ2n) is 7.04. The second-order valence-corrected chi connectivity index (χ2v) is 7.04. The number of anilines is 2. The molecule has 0 spiro atoms. The second kappa shape index (κ2) is 8.73. The number of hydrogen-bond acceptors (Lipinski definition) is 7. The lowest BCUT2D eigenvalue weighted by Crippen LogP contribution is -2.49. The van der Waals surface area contributed by atoms with Crippen molar-refractivity contribution in [1.29, 1.82) is 0 Å². The van der Waals surface area contributed by atoms with Gasteiger partial charge in [-0.3, -0.25) is 19.9 Å². The highest BCUT2D eigenvalue weighted by molar-refractivity contribution is 5.99. The van der Waals surface area contributed by atoms with Gasteiger partial charge in [0.15, 0.2) is 0 Å². The zero-order valence-corrected chi connectivity index (χ0v) is 16.4. The largest absolute Gasteiger partial charge is 0.384 e. The predicted octanol–water partition coefficient (Wildman–Crippen LogP) is 2.69. The summed E-state index contributed by atoms with van der Waals surface area (Å²) in [5, 5.41) is 15.7. The first-order valence-corrected chi connectivity index (χ1v) is 9.82. The van der Waals surface area contributed by atoms with E-state index in [1.54, 1.807) is 24.5 Å². The maximum atomic E-state index is 12.6. The van der Waals surface area contributed by atoms with Crippen molar-refractivity contribution < 1.29 is 9.72 Å². The Morgan fingerprint density at radius 2 is 1.90 bits per heavy atom. The molecular weight excluding hydrogens is 384 g/mol. The number of fused-ring (bicyclic) bond motifs is 1. The van der Waals surface area contributed by atoms with E-state index in [0.717, 1.165) is 30.0 Å². The van der Waals surface area contributed by atoms with Crippen molar-refractivity contribution in [3.63, 3.8) is 0 Å². The number of pyridine rings is 2. The monoisotopic (exact) mass is 406 g/mol. The molecule has 0 saturated carbocycles. The highest BCUT2D eigenvalue weighted by atomic mass is 16.6. The van der Waals surface area contributed by atoms with E-state index in [1.165, 1.54) is 12.3 Å². The van der Waals surface area contributed by atoms with Crippen LogP contribution in [0.2, 0.25) is 0 Å². The predicted molar refractivity (Wildman–Crippen MR) is 115 cm³/mol. The van der Waals surface area contributed by atoms with Crippen LogP contribution in [0.3, 0.4) is 0 Å². The lowest BCUT2D eigenvalue weighted by molar-refractivity contribution is -0.383. The van der Waals surface area contributed by atoms with Crippen LogP contribution in [0.15, 0.2) is 55.0 Å². The number of nitro groups is 1. The molecule has 1 saturated heterocycles. The molecule has 2 aromatic heterocycles. The molecule has 9 heteroatoms. The van der Waals surface area contributed by atoms with Crippen molar-refractivity contribution in [2.45, 2.75) is 6.42 Å². The Morgan fingerprint density at radius 1 is 1.07 bits per heavy atom. The van der Waals surface area contributed by atoms with E-state index in [-0.39, 0.29) is 11.6 Å². The van der Waals surface area contributed by atoms with E-state index in [1.807, 2.05) is 23.1 Å². The first kappa shape index (κ1) is 19.6. The summed E-state index contributed by atoms with van der Waals surface area (Å²) in [5.74, 6) is 1.03. The molecule has 1 aromatic carbocycles. The lowest BCUT2D eigenvalue weighted by Gasteiger charge is -2.35. The number of aromatic nitrogens is 2. The normalized spacial score (nSPS) is 14.0. The molecule has 30 heavy (non-hydrogen) atoms. The van der Waals surface area contributed by atoms with Gasteiger partial charge in [0, 0.05) is 74.9 Å². The number of piperazine rings is 1. The number of nitrogens with one attached hydrogen (secondary N) is 1. The minimum Gasteiger partial charge on any atom is -0.384 e. The van der Waals surface area contributed by atoms with Gasteiger partial charge >= 0.3 is 0 Å². The van der Waals surface area contributed by atoms with Gasteiger partial charge in [-0.05, 0) is 24.3 Å². The Labute approximate surface area is 173 Å². The van der Waals surface area contributed by atoms with Gasteiger partial charge in [-0.1, -0.05) is 6.07 Å². The van der Waals surface area contributed by atoms with Crippen LogP contribution in [0, 0.1) is 10.1 Å². The van der Waals surface area contributed by atoms with Gasteiger partial charge in [0.25, 0.3) is 5.69 Å². The van der Waals surface area contributed by atoms with Crippen molar-refractivity contribution in [2.24, 2.45) is 0 Å². The summed E-state index contributed by atoms with van der Waals surface area (Å²) in [5.41, 5.74) is 0.774. The number of non-ortho nitro benzene ring substituents is 1. The molecule has 0 atom stereocenters. The lowest BCUT2D eigenvalue weighted by atomic mass is 10.1. The third-order valence-corrected chi connectivity index (χ3v) is 5.25. The van der Waals surface area contributed by atoms with Gasteiger partial charge in [0.2, 0.25) is 5.91 Å². The first-order chi connectivity index (χ1) is 14.6. The highest BCUT2D eigenvalue weighted by Gasteiger charge is 2.21. The molecule has 154 valence electrons. The molecule has 0 unspecified atom stereocenters. The van der Waals surface area contributed by atoms with Crippen LogP contribution >= 0.6 is 0 Å². The number of nitrogens with zero attached hydrogens (tertiary/aromatic N) is 5. The summed E-state index contributed by atoms with van der Waals surface area (Å²) >= 11 is 0. The number of carbonyl (C=O) groups excluding carboxylic acids is 1. The average molecular weight is 406 g/mol. The molecule has 3 aromatic rings. The Kier molecular flexibility index (Phi) is 5.69. The van der Waals surface area contributed by atoms with Crippen LogP contribution < -0.4 is 10.2 Å². The zero-order valence-electron chi connectivity index (χ0n) is 16.4.